The van der Waals surface area contributed by atoms with Gasteiger partial charge in [0.15, 0.2) is 0 Å². The molecule has 0 heterocycles. The molecular weight excluding hydrogens is 148 g/mol. The van der Waals surface area contributed by atoms with E-state index in [2.05, 4.69) is 13.8 Å². The molecule has 2 aliphatic carbocycles. The Bertz CT molecular complexity index is 197. The minimum Gasteiger partial charge on any atom is -0.299 e. The van der Waals surface area contributed by atoms with Gasteiger partial charge in [0.1, 0.15) is 5.78 Å². The van der Waals surface area contributed by atoms with Crippen LogP contribution in [0.3, 0.4) is 0 Å². The molecule has 1 nitrogen and oxygen atoms in total. The number of hydrogen-bond acceptors (Lipinski definition) is 1. The van der Waals surface area contributed by atoms with Crippen LogP contribution in [0.1, 0.15) is 39.5 Å². The molecule has 0 aromatic carbocycles. The van der Waals surface area contributed by atoms with E-state index in [9.17, 15) is 4.79 Å². The molecule has 12 heavy (non-hydrogen) atoms. The van der Waals surface area contributed by atoms with Crippen LogP contribution in [-0.4, -0.2) is 5.78 Å². The van der Waals surface area contributed by atoms with Crippen LogP contribution in [-0.2, 0) is 4.79 Å². The molecule has 2 saturated carbocycles. The van der Waals surface area contributed by atoms with E-state index in [1.165, 1.54) is 19.3 Å². The lowest BCUT2D eigenvalue weighted by atomic mass is 9.69. The van der Waals surface area contributed by atoms with Gasteiger partial charge in [-0.25, -0.2) is 0 Å². The number of ketones is 1. The molecule has 0 spiro atoms. The van der Waals surface area contributed by atoms with Gasteiger partial charge < -0.3 is 0 Å². The largest absolute Gasteiger partial charge is 0.299 e. The zero-order chi connectivity index (χ0) is 8.72. The molecule has 0 amide bonds. The molecule has 0 aromatic heterocycles. The van der Waals surface area contributed by atoms with E-state index in [4.69, 9.17) is 0 Å². The Kier molecular flexibility index (Phi) is 1.97. The van der Waals surface area contributed by atoms with Crippen molar-refractivity contribution in [1.82, 2.24) is 0 Å². The third-order valence-electron chi connectivity index (χ3n) is 4.10. The molecule has 2 fully saturated rings. The topological polar surface area (TPSA) is 17.1 Å². The molecule has 0 saturated heterocycles. The Labute approximate surface area is 74.5 Å². The van der Waals surface area contributed by atoms with E-state index in [1.54, 1.807) is 0 Å². The number of rotatable bonds is 0. The summed E-state index contributed by atoms with van der Waals surface area (Å²) in [5, 5.41) is 0. The first-order chi connectivity index (χ1) is 5.70. The highest BCUT2D eigenvalue weighted by molar-refractivity contribution is 5.83. The second-order valence-electron chi connectivity index (χ2n) is 4.70. The Morgan fingerprint density at radius 3 is 2.67 bits per heavy atom. The van der Waals surface area contributed by atoms with Gasteiger partial charge in [0.05, 0.1) is 0 Å². The van der Waals surface area contributed by atoms with Crippen LogP contribution in [0.25, 0.3) is 0 Å². The summed E-state index contributed by atoms with van der Waals surface area (Å²) >= 11 is 0. The van der Waals surface area contributed by atoms with Crippen LogP contribution in [0.2, 0.25) is 0 Å². The number of fused-ring (bicyclic) bond motifs is 1. The van der Waals surface area contributed by atoms with Crippen LogP contribution in [0.5, 0.6) is 0 Å². The Morgan fingerprint density at radius 2 is 1.92 bits per heavy atom. The SMILES string of the molecule is C[C@@H]1[C@@H]2C(=O)CC[C@@H]2CC[C@H]1C. The van der Waals surface area contributed by atoms with E-state index < -0.39 is 0 Å². The van der Waals surface area contributed by atoms with E-state index in [0.717, 1.165) is 18.3 Å². The second-order valence-corrected chi connectivity index (χ2v) is 4.70. The standard InChI is InChI=1S/C11H18O/c1-7-3-4-9-5-6-10(12)11(9)8(7)2/h7-9,11H,3-6H2,1-2H3/t7-,8+,9+,11+/m1/s1. The Hall–Kier alpha value is -0.330. The molecule has 1 heteroatoms. The molecule has 4 atom stereocenters. The van der Waals surface area contributed by atoms with Crippen LogP contribution in [0.15, 0.2) is 0 Å². The maximum Gasteiger partial charge on any atom is 0.136 e. The van der Waals surface area contributed by atoms with Crippen LogP contribution in [0.4, 0.5) is 0 Å². The van der Waals surface area contributed by atoms with Crippen molar-refractivity contribution in [2.24, 2.45) is 23.7 Å². The number of carbonyl (C=O) groups excluding carboxylic acids is 1. The molecule has 0 bridgehead atoms. The summed E-state index contributed by atoms with van der Waals surface area (Å²) in [6, 6.07) is 0. The van der Waals surface area contributed by atoms with Gasteiger partial charge in [0, 0.05) is 12.3 Å². The van der Waals surface area contributed by atoms with Crippen LogP contribution >= 0.6 is 0 Å². The lowest BCUT2D eigenvalue weighted by molar-refractivity contribution is -0.124. The third kappa shape index (κ3) is 1.10. The maximum absolute atomic E-state index is 11.6. The average Bonchev–Trinajstić information content (AvgIpc) is 2.41. The van der Waals surface area contributed by atoms with Gasteiger partial charge >= 0.3 is 0 Å². The first-order valence-electron chi connectivity index (χ1n) is 5.23. The van der Waals surface area contributed by atoms with Crippen LogP contribution in [0, 0.1) is 23.7 Å². The molecule has 2 aliphatic rings. The fraction of sp³-hybridized carbons (Fsp3) is 0.909. The molecule has 0 aromatic rings. The monoisotopic (exact) mass is 166 g/mol. The van der Waals surface area contributed by atoms with E-state index in [-0.39, 0.29) is 0 Å². The lowest BCUT2D eigenvalue weighted by Gasteiger charge is -2.35. The molecule has 0 aliphatic heterocycles. The summed E-state index contributed by atoms with van der Waals surface area (Å²) in [4.78, 5) is 11.6. The first kappa shape index (κ1) is 8.28. The zero-order valence-corrected chi connectivity index (χ0v) is 8.05. The molecule has 0 radical (unpaired) electrons. The summed E-state index contributed by atoms with van der Waals surface area (Å²) in [5.41, 5.74) is 0. The smallest absolute Gasteiger partial charge is 0.136 e. The Morgan fingerprint density at radius 1 is 1.17 bits per heavy atom. The fourth-order valence-electron chi connectivity index (χ4n) is 3.08. The summed E-state index contributed by atoms with van der Waals surface area (Å²) in [6.45, 7) is 4.57. The third-order valence-corrected chi connectivity index (χ3v) is 4.10. The Balaban J connectivity index is 2.16. The summed E-state index contributed by atoms with van der Waals surface area (Å²) in [5.74, 6) is 3.17. The highest BCUT2D eigenvalue weighted by Crippen LogP contribution is 2.45. The quantitative estimate of drug-likeness (QED) is 0.540. The van der Waals surface area contributed by atoms with Gasteiger partial charge in [-0.1, -0.05) is 20.3 Å². The van der Waals surface area contributed by atoms with Crippen molar-refractivity contribution in [3.63, 3.8) is 0 Å². The zero-order valence-electron chi connectivity index (χ0n) is 8.05. The van der Waals surface area contributed by atoms with Crippen molar-refractivity contribution in [1.29, 1.82) is 0 Å². The second kappa shape index (κ2) is 2.86. The van der Waals surface area contributed by atoms with Crippen molar-refractivity contribution < 1.29 is 4.79 Å². The fourth-order valence-corrected chi connectivity index (χ4v) is 3.08. The van der Waals surface area contributed by atoms with Crippen molar-refractivity contribution >= 4 is 5.78 Å². The molecule has 0 N–H and O–H groups in total. The van der Waals surface area contributed by atoms with Gasteiger partial charge in [0.2, 0.25) is 0 Å². The lowest BCUT2D eigenvalue weighted by Crippen LogP contribution is -2.32. The van der Waals surface area contributed by atoms with Gasteiger partial charge in [-0.2, -0.15) is 0 Å². The minimum absolute atomic E-state index is 0.439. The van der Waals surface area contributed by atoms with Gasteiger partial charge in [-0.05, 0) is 30.6 Å². The minimum atomic E-state index is 0.439. The number of hydrogen-bond donors (Lipinski definition) is 0. The first-order valence-corrected chi connectivity index (χ1v) is 5.23. The molecule has 2 rings (SSSR count). The van der Waals surface area contributed by atoms with Crippen molar-refractivity contribution in [2.75, 3.05) is 0 Å². The summed E-state index contributed by atoms with van der Waals surface area (Å²) in [7, 11) is 0. The molecular formula is C11H18O. The van der Waals surface area contributed by atoms with E-state index in [0.29, 0.717) is 17.6 Å². The summed E-state index contributed by atoms with van der Waals surface area (Å²) in [6.07, 6.45) is 4.70. The molecule has 0 unspecified atom stereocenters. The highest BCUT2D eigenvalue weighted by Gasteiger charge is 2.42. The van der Waals surface area contributed by atoms with Gasteiger partial charge in [0.25, 0.3) is 0 Å². The van der Waals surface area contributed by atoms with Crippen LogP contribution < -0.4 is 0 Å². The normalized spacial score (nSPS) is 47.7. The molecule has 68 valence electrons. The van der Waals surface area contributed by atoms with Crippen molar-refractivity contribution in [2.45, 2.75) is 39.5 Å². The van der Waals surface area contributed by atoms with Gasteiger partial charge in [-0.3, -0.25) is 4.79 Å². The van der Waals surface area contributed by atoms with Crippen molar-refractivity contribution in [3.8, 4) is 0 Å². The van der Waals surface area contributed by atoms with E-state index in [1.807, 2.05) is 0 Å². The highest BCUT2D eigenvalue weighted by atomic mass is 16.1. The number of Topliss-reactive ketones (excluding diaryl/α,β-unsaturated/α-hetero) is 1. The predicted octanol–water partition coefficient (Wildman–Crippen LogP) is 2.65. The van der Waals surface area contributed by atoms with Crippen molar-refractivity contribution in [3.05, 3.63) is 0 Å². The van der Waals surface area contributed by atoms with Gasteiger partial charge in [-0.15, -0.1) is 0 Å². The average molecular weight is 166 g/mol. The number of carbonyl (C=O) groups is 1. The van der Waals surface area contributed by atoms with E-state index >= 15 is 0 Å². The maximum atomic E-state index is 11.6. The predicted molar refractivity (Wildman–Crippen MR) is 48.8 cm³/mol. The summed E-state index contributed by atoms with van der Waals surface area (Å²) < 4.78 is 0.